The Kier molecular flexibility index (Phi) is 4.18. The van der Waals surface area contributed by atoms with Gasteiger partial charge in [-0.15, -0.1) is 0 Å². The minimum Gasteiger partial charge on any atom is -0.462 e. The van der Waals surface area contributed by atoms with Crippen molar-refractivity contribution in [1.82, 2.24) is 0 Å². The number of hydrogen-bond donors (Lipinski definition) is 1. The molecule has 92 valence electrons. The molecule has 1 aliphatic carbocycles. The molecule has 16 heavy (non-hydrogen) atoms. The molecular formula is C12H21NO3. The number of hydrogen-bond acceptors (Lipinski definition) is 4. The van der Waals surface area contributed by atoms with Crippen molar-refractivity contribution in [2.45, 2.75) is 50.7 Å². The van der Waals surface area contributed by atoms with Crippen LogP contribution in [0.3, 0.4) is 0 Å². The summed E-state index contributed by atoms with van der Waals surface area (Å²) >= 11 is 0. The van der Waals surface area contributed by atoms with E-state index in [4.69, 9.17) is 15.2 Å². The molecule has 1 saturated heterocycles. The summed E-state index contributed by atoms with van der Waals surface area (Å²) < 4.78 is 10.7. The largest absolute Gasteiger partial charge is 0.462 e. The Balaban J connectivity index is 1.81. The van der Waals surface area contributed by atoms with E-state index < -0.39 is 0 Å². The summed E-state index contributed by atoms with van der Waals surface area (Å²) in [5.41, 5.74) is 5.79. The highest BCUT2D eigenvalue weighted by Gasteiger charge is 2.34. The van der Waals surface area contributed by atoms with Crippen LogP contribution >= 0.6 is 0 Å². The number of ether oxygens (including phenoxy) is 2. The van der Waals surface area contributed by atoms with Gasteiger partial charge in [-0.2, -0.15) is 0 Å². The van der Waals surface area contributed by atoms with Crippen LogP contribution in [0.15, 0.2) is 0 Å². The van der Waals surface area contributed by atoms with Gasteiger partial charge >= 0.3 is 5.97 Å². The molecule has 2 unspecified atom stereocenters. The molecule has 0 aromatic carbocycles. The van der Waals surface area contributed by atoms with Gasteiger partial charge in [-0.1, -0.05) is 12.8 Å². The fourth-order valence-corrected chi connectivity index (χ4v) is 2.43. The molecule has 2 rings (SSSR count). The standard InChI is InChI=1S/C12H21NO3/c13-11-8-15-7-10(11)12(14)16-9-5-3-1-2-4-6-9/h9-11H,1-8,13H2. The van der Waals surface area contributed by atoms with Crippen molar-refractivity contribution in [2.24, 2.45) is 11.7 Å². The van der Waals surface area contributed by atoms with Crippen LogP contribution in [0, 0.1) is 5.92 Å². The number of nitrogens with two attached hydrogens (primary N) is 1. The van der Waals surface area contributed by atoms with E-state index in [0.717, 1.165) is 12.8 Å². The van der Waals surface area contributed by atoms with Gasteiger partial charge in [-0.3, -0.25) is 4.79 Å². The van der Waals surface area contributed by atoms with Crippen LogP contribution in [0.4, 0.5) is 0 Å². The molecule has 4 heteroatoms. The van der Waals surface area contributed by atoms with E-state index in [1.165, 1.54) is 25.7 Å². The molecule has 0 radical (unpaired) electrons. The number of esters is 1. The fourth-order valence-electron chi connectivity index (χ4n) is 2.43. The number of rotatable bonds is 2. The lowest BCUT2D eigenvalue weighted by atomic mass is 10.0. The summed E-state index contributed by atoms with van der Waals surface area (Å²) in [4.78, 5) is 11.9. The Morgan fingerprint density at radius 3 is 2.38 bits per heavy atom. The Bertz CT molecular complexity index is 236. The van der Waals surface area contributed by atoms with E-state index in [9.17, 15) is 4.79 Å². The van der Waals surface area contributed by atoms with Gasteiger partial charge in [0.2, 0.25) is 0 Å². The second-order valence-corrected chi connectivity index (χ2v) is 4.86. The van der Waals surface area contributed by atoms with Crippen LogP contribution in [0.2, 0.25) is 0 Å². The van der Waals surface area contributed by atoms with E-state index in [1.807, 2.05) is 0 Å². The quantitative estimate of drug-likeness (QED) is 0.569. The summed E-state index contributed by atoms with van der Waals surface area (Å²) in [6.45, 7) is 0.900. The molecular weight excluding hydrogens is 206 g/mol. The monoisotopic (exact) mass is 227 g/mol. The Morgan fingerprint density at radius 2 is 1.81 bits per heavy atom. The molecule has 0 spiro atoms. The van der Waals surface area contributed by atoms with Crippen molar-refractivity contribution >= 4 is 5.97 Å². The van der Waals surface area contributed by atoms with E-state index in [2.05, 4.69) is 0 Å². The molecule has 0 bridgehead atoms. The molecule has 2 aliphatic rings. The lowest BCUT2D eigenvalue weighted by molar-refractivity contribution is -0.154. The van der Waals surface area contributed by atoms with Gasteiger partial charge in [0, 0.05) is 6.04 Å². The average molecular weight is 227 g/mol. The van der Waals surface area contributed by atoms with E-state index in [1.54, 1.807) is 0 Å². The van der Waals surface area contributed by atoms with Crippen molar-refractivity contribution in [3.05, 3.63) is 0 Å². The smallest absolute Gasteiger partial charge is 0.313 e. The molecule has 1 saturated carbocycles. The van der Waals surface area contributed by atoms with Crippen molar-refractivity contribution in [2.75, 3.05) is 13.2 Å². The fraction of sp³-hybridized carbons (Fsp3) is 0.917. The normalized spacial score (nSPS) is 32.3. The molecule has 1 heterocycles. The number of carbonyl (C=O) groups excluding carboxylic acids is 1. The van der Waals surface area contributed by atoms with Gasteiger partial charge in [-0.25, -0.2) is 0 Å². The third kappa shape index (κ3) is 2.95. The highest BCUT2D eigenvalue weighted by atomic mass is 16.5. The first-order chi connectivity index (χ1) is 7.77. The first-order valence-electron chi connectivity index (χ1n) is 6.31. The van der Waals surface area contributed by atoms with Crippen molar-refractivity contribution in [3.8, 4) is 0 Å². The molecule has 1 aliphatic heterocycles. The zero-order chi connectivity index (χ0) is 11.4. The van der Waals surface area contributed by atoms with Crippen molar-refractivity contribution in [1.29, 1.82) is 0 Å². The van der Waals surface area contributed by atoms with Crippen LogP contribution in [-0.4, -0.2) is 31.3 Å². The highest BCUT2D eigenvalue weighted by Crippen LogP contribution is 2.22. The minimum absolute atomic E-state index is 0.114. The van der Waals surface area contributed by atoms with Gasteiger partial charge in [0.25, 0.3) is 0 Å². The third-order valence-electron chi connectivity index (χ3n) is 3.51. The van der Waals surface area contributed by atoms with E-state index >= 15 is 0 Å². The predicted molar refractivity (Wildman–Crippen MR) is 59.9 cm³/mol. The molecule has 2 N–H and O–H groups in total. The minimum atomic E-state index is -0.247. The molecule has 0 aromatic rings. The van der Waals surface area contributed by atoms with Crippen LogP contribution < -0.4 is 5.73 Å². The first kappa shape index (κ1) is 11.9. The molecule has 2 fully saturated rings. The van der Waals surface area contributed by atoms with Crippen molar-refractivity contribution < 1.29 is 14.3 Å². The second-order valence-electron chi connectivity index (χ2n) is 4.86. The van der Waals surface area contributed by atoms with Gasteiger partial charge in [-0.05, 0) is 25.7 Å². The zero-order valence-electron chi connectivity index (χ0n) is 9.69. The Labute approximate surface area is 96.5 Å². The first-order valence-corrected chi connectivity index (χ1v) is 6.31. The van der Waals surface area contributed by atoms with Gasteiger partial charge in [0.05, 0.1) is 19.1 Å². The van der Waals surface area contributed by atoms with Crippen LogP contribution in [0.25, 0.3) is 0 Å². The SMILES string of the molecule is NC1COCC1C(=O)OC1CCCCCC1. The zero-order valence-corrected chi connectivity index (χ0v) is 9.69. The summed E-state index contributed by atoms with van der Waals surface area (Å²) in [5, 5.41) is 0. The maximum absolute atomic E-state index is 11.9. The topological polar surface area (TPSA) is 61.5 Å². The second kappa shape index (κ2) is 5.64. The van der Waals surface area contributed by atoms with Crippen LogP contribution in [0.5, 0.6) is 0 Å². The highest BCUT2D eigenvalue weighted by molar-refractivity contribution is 5.74. The van der Waals surface area contributed by atoms with Gasteiger partial charge < -0.3 is 15.2 Å². The summed E-state index contributed by atoms with van der Waals surface area (Å²) in [7, 11) is 0. The van der Waals surface area contributed by atoms with Crippen LogP contribution in [-0.2, 0) is 14.3 Å². The van der Waals surface area contributed by atoms with E-state index in [0.29, 0.717) is 13.2 Å². The maximum atomic E-state index is 11.9. The molecule has 0 aromatic heterocycles. The van der Waals surface area contributed by atoms with Gasteiger partial charge in [0.1, 0.15) is 6.10 Å². The van der Waals surface area contributed by atoms with E-state index in [-0.39, 0.29) is 24.0 Å². The Hall–Kier alpha value is -0.610. The third-order valence-corrected chi connectivity index (χ3v) is 3.51. The molecule has 0 amide bonds. The summed E-state index contributed by atoms with van der Waals surface area (Å²) in [6, 6.07) is -0.182. The number of carbonyl (C=O) groups is 1. The summed E-state index contributed by atoms with van der Waals surface area (Å²) in [5.74, 6) is -0.403. The van der Waals surface area contributed by atoms with Gasteiger partial charge in [0.15, 0.2) is 0 Å². The lowest BCUT2D eigenvalue weighted by Crippen LogP contribution is -2.36. The maximum Gasteiger partial charge on any atom is 0.313 e. The van der Waals surface area contributed by atoms with Crippen molar-refractivity contribution in [3.63, 3.8) is 0 Å². The predicted octanol–water partition coefficient (Wildman–Crippen LogP) is 1.23. The summed E-state index contributed by atoms with van der Waals surface area (Å²) in [6.07, 6.45) is 7.00. The molecule has 2 atom stereocenters. The Morgan fingerprint density at radius 1 is 1.12 bits per heavy atom. The van der Waals surface area contributed by atoms with Crippen LogP contribution in [0.1, 0.15) is 38.5 Å². The molecule has 4 nitrogen and oxygen atoms in total. The lowest BCUT2D eigenvalue weighted by Gasteiger charge is -2.19. The average Bonchev–Trinajstić information content (AvgIpc) is 2.53.